The number of benzene rings is 3. The molecule has 0 spiro atoms. The van der Waals surface area contributed by atoms with Crippen molar-refractivity contribution in [2.75, 3.05) is 5.32 Å². The molecule has 3 aromatic carbocycles. The highest BCUT2D eigenvalue weighted by atomic mass is 35.5. The summed E-state index contributed by atoms with van der Waals surface area (Å²) in [5, 5.41) is 3.69. The third-order valence-corrected chi connectivity index (χ3v) is 5.77. The molecule has 162 valence electrons. The Morgan fingerprint density at radius 2 is 1.72 bits per heavy atom. The normalized spacial score (nSPS) is 10.6. The predicted octanol–water partition coefficient (Wildman–Crippen LogP) is 6.86. The highest BCUT2D eigenvalue weighted by Gasteiger charge is 2.18. The number of aromatic nitrogens is 1. The van der Waals surface area contributed by atoms with Crippen LogP contribution in [0.2, 0.25) is 9.49 Å². The molecule has 0 radical (unpaired) electrons. The van der Waals surface area contributed by atoms with Crippen LogP contribution in [0, 0.1) is 0 Å². The maximum absolute atomic E-state index is 12.7. The second-order valence-corrected chi connectivity index (χ2v) is 8.88. The van der Waals surface area contributed by atoms with E-state index < -0.39 is 5.97 Å². The predicted molar refractivity (Wildman–Crippen MR) is 128 cm³/mol. The highest BCUT2D eigenvalue weighted by Crippen LogP contribution is 2.40. The fourth-order valence-corrected chi connectivity index (χ4v) is 4.06. The molecule has 1 heterocycles. The van der Waals surface area contributed by atoms with E-state index in [-0.39, 0.29) is 5.75 Å². The minimum Gasteiger partial charge on any atom is -0.483 e. The van der Waals surface area contributed by atoms with Gasteiger partial charge in [0.2, 0.25) is 0 Å². The van der Waals surface area contributed by atoms with E-state index in [1.54, 1.807) is 42.6 Å². The fraction of sp³-hybridized carbons (Fsp3) is 0.0833. The number of halogens is 2. The summed E-state index contributed by atoms with van der Waals surface area (Å²) in [5.41, 5.74) is 1.99. The van der Waals surface area contributed by atoms with Crippen LogP contribution in [0.15, 0.2) is 79.0 Å². The maximum Gasteiger partial charge on any atom is 0.343 e. The van der Waals surface area contributed by atoms with Crippen molar-refractivity contribution in [3.63, 3.8) is 0 Å². The minimum absolute atomic E-state index is 0.229. The SMILES string of the molecule is O=C(Oc1cc(Cl)cc(NCc2cnc(Cl)s2)c1OCc1ccccc1)c1ccccc1. The maximum atomic E-state index is 12.7. The number of rotatable bonds is 8. The van der Waals surface area contributed by atoms with E-state index in [2.05, 4.69) is 10.3 Å². The van der Waals surface area contributed by atoms with Crippen LogP contribution in [0.4, 0.5) is 5.69 Å². The second kappa shape index (κ2) is 10.5. The van der Waals surface area contributed by atoms with Crippen molar-refractivity contribution in [2.45, 2.75) is 13.2 Å². The number of hydrogen-bond donors (Lipinski definition) is 1. The molecule has 0 unspecified atom stereocenters. The van der Waals surface area contributed by atoms with Crippen molar-refractivity contribution < 1.29 is 14.3 Å². The van der Waals surface area contributed by atoms with Gasteiger partial charge in [-0.05, 0) is 23.8 Å². The van der Waals surface area contributed by atoms with Crippen molar-refractivity contribution in [2.24, 2.45) is 0 Å². The van der Waals surface area contributed by atoms with Gasteiger partial charge in [-0.2, -0.15) is 0 Å². The molecule has 0 aliphatic heterocycles. The van der Waals surface area contributed by atoms with Crippen LogP contribution in [0.5, 0.6) is 11.5 Å². The van der Waals surface area contributed by atoms with Gasteiger partial charge in [-0.15, -0.1) is 11.3 Å². The standard InChI is InChI=1S/C24H18Cl2N2O3S/c25-18-11-20(27-13-19-14-28-24(26)32-19)22(30-15-16-7-3-1-4-8-16)21(12-18)31-23(29)17-9-5-2-6-10-17/h1-12,14,27H,13,15H2. The molecule has 0 bridgehead atoms. The van der Waals surface area contributed by atoms with E-state index in [1.807, 2.05) is 36.4 Å². The Labute approximate surface area is 199 Å². The lowest BCUT2D eigenvalue weighted by atomic mass is 10.2. The van der Waals surface area contributed by atoms with E-state index in [9.17, 15) is 4.79 Å². The molecule has 0 atom stereocenters. The van der Waals surface area contributed by atoms with Gasteiger partial charge in [-0.1, -0.05) is 71.7 Å². The zero-order valence-corrected chi connectivity index (χ0v) is 19.1. The zero-order valence-electron chi connectivity index (χ0n) is 16.8. The van der Waals surface area contributed by atoms with Crippen molar-refractivity contribution in [1.82, 2.24) is 4.98 Å². The first-order valence-corrected chi connectivity index (χ1v) is 11.3. The third kappa shape index (κ3) is 5.79. The quantitative estimate of drug-likeness (QED) is 0.218. The molecule has 8 heteroatoms. The molecule has 1 aromatic heterocycles. The molecular weight excluding hydrogens is 467 g/mol. The summed E-state index contributed by atoms with van der Waals surface area (Å²) in [4.78, 5) is 17.7. The Balaban J connectivity index is 1.63. The number of esters is 1. The van der Waals surface area contributed by atoms with E-state index in [1.165, 1.54) is 11.3 Å². The van der Waals surface area contributed by atoms with Crippen LogP contribution in [0.3, 0.4) is 0 Å². The molecule has 5 nitrogen and oxygen atoms in total. The summed E-state index contributed by atoms with van der Waals surface area (Å²) in [6.45, 7) is 0.748. The molecule has 0 saturated heterocycles. The van der Waals surface area contributed by atoms with Crippen LogP contribution in [-0.4, -0.2) is 11.0 Å². The van der Waals surface area contributed by atoms with Crippen LogP contribution >= 0.6 is 34.5 Å². The first kappa shape index (κ1) is 22.1. The monoisotopic (exact) mass is 484 g/mol. The van der Waals surface area contributed by atoms with Crippen molar-refractivity contribution in [3.8, 4) is 11.5 Å². The van der Waals surface area contributed by atoms with Gasteiger partial charge in [0.1, 0.15) is 6.61 Å². The Kier molecular flexibility index (Phi) is 7.27. The Morgan fingerprint density at radius 3 is 2.41 bits per heavy atom. The lowest BCUT2D eigenvalue weighted by Gasteiger charge is -2.17. The number of carbonyl (C=O) groups excluding carboxylic acids is 1. The number of nitrogens with one attached hydrogen (secondary N) is 1. The number of anilines is 1. The Hall–Kier alpha value is -3.06. The van der Waals surface area contributed by atoms with Gasteiger partial charge in [-0.3, -0.25) is 0 Å². The number of thiazole rings is 1. The third-order valence-electron chi connectivity index (χ3n) is 4.44. The van der Waals surface area contributed by atoms with Gasteiger partial charge in [0.15, 0.2) is 16.0 Å². The summed E-state index contributed by atoms with van der Waals surface area (Å²) >= 11 is 13.6. The van der Waals surface area contributed by atoms with E-state index in [0.29, 0.717) is 39.6 Å². The lowest BCUT2D eigenvalue weighted by molar-refractivity contribution is 0.0728. The average Bonchev–Trinajstić information content (AvgIpc) is 3.23. The molecule has 4 aromatic rings. The molecule has 0 aliphatic rings. The smallest absolute Gasteiger partial charge is 0.343 e. The van der Waals surface area contributed by atoms with Gasteiger partial charge in [-0.25, -0.2) is 9.78 Å². The van der Waals surface area contributed by atoms with Crippen LogP contribution in [0.25, 0.3) is 0 Å². The topological polar surface area (TPSA) is 60.5 Å². The fourth-order valence-electron chi connectivity index (χ4n) is 2.94. The summed E-state index contributed by atoms with van der Waals surface area (Å²) < 4.78 is 12.2. The highest BCUT2D eigenvalue weighted by molar-refractivity contribution is 7.15. The molecule has 0 amide bonds. The van der Waals surface area contributed by atoms with Gasteiger partial charge in [0.25, 0.3) is 0 Å². The number of nitrogens with zero attached hydrogens (tertiary/aromatic N) is 1. The molecular formula is C24H18Cl2N2O3S. The van der Waals surface area contributed by atoms with Gasteiger partial charge < -0.3 is 14.8 Å². The van der Waals surface area contributed by atoms with Crippen LogP contribution in [0.1, 0.15) is 20.8 Å². The van der Waals surface area contributed by atoms with E-state index in [4.69, 9.17) is 32.7 Å². The molecule has 1 N–H and O–H groups in total. The Morgan fingerprint density at radius 1 is 1.00 bits per heavy atom. The van der Waals surface area contributed by atoms with Gasteiger partial charge >= 0.3 is 5.97 Å². The number of hydrogen-bond acceptors (Lipinski definition) is 6. The van der Waals surface area contributed by atoms with Crippen molar-refractivity contribution in [1.29, 1.82) is 0 Å². The van der Waals surface area contributed by atoms with Gasteiger partial charge in [0, 0.05) is 22.2 Å². The molecule has 32 heavy (non-hydrogen) atoms. The van der Waals surface area contributed by atoms with E-state index >= 15 is 0 Å². The first-order chi connectivity index (χ1) is 15.6. The lowest BCUT2D eigenvalue weighted by Crippen LogP contribution is -2.11. The summed E-state index contributed by atoms with van der Waals surface area (Å²) in [7, 11) is 0. The zero-order chi connectivity index (χ0) is 22.3. The van der Waals surface area contributed by atoms with Crippen molar-refractivity contribution >= 4 is 46.2 Å². The van der Waals surface area contributed by atoms with Crippen LogP contribution in [-0.2, 0) is 13.2 Å². The molecule has 4 rings (SSSR count). The van der Waals surface area contributed by atoms with Crippen molar-refractivity contribution in [3.05, 3.63) is 104 Å². The first-order valence-electron chi connectivity index (χ1n) is 9.70. The number of carbonyl (C=O) groups is 1. The number of ether oxygens (including phenoxy) is 2. The minimum atomic E-state index is -0.502. The second-order valence-electron chi connectivity index (χ2n) is 6.74. The molecule has 0 fully saturated rings. The van der Waals surface area contributed by atoms with Gasteiger partial charge in [0.05, 0.1) is 17.8 Å². The molecule has 0 saturated carbocycles. The average molecular weight is 485 g/mol. The Bertz CT molecular complexity index is 1200. The largest absolute Gasteiger partial charge is 0.483 e. The summed E-state index contributed by atoms with van der Waals surface area (Å²) in [6.07, 6.45) is 1.70. The van der Waals surface area contributed by atoms with E-state index in [0.717, 1.165) is 10.4 Å². The van der Waals surface area contributed by atoms with Crippen LogP contribution < -0.4 is 14.8 Å². The molecule has 0 aliphatic carbocycles. The summed E-state index contributed by atoms with van der Waals surface area (Å²) in [6, 6.07) is 21.8. The summed E-state index contributed by atoms with van der Waals surface area (Å²) in [5.74, 6) is 0.114.